The zero-order chi connectivity index (χ0) is 10.6. The molecule has 3 nitrogen and oxygen atoms in total. The molecule has 1 rings (SSSR count). The number of ether oxygens (including phenoxy) is 1. The van der Waals surface area contributed by atoms with E-state index < -0.39 is 0 Å². The summed E-state index contributed by atoms with van der Waals surface area (Å²) >= 11 is 0. The number of nitrogens with one attached hydrogen (secondary N) is 1. The molecule has 0 aliphatic carbocycles. The Morgan fingerprint density at radius 2 is 2.29 bits per heavy atom. The fraction of sp³-hybridized carbons (Fsp3) is 0.909. The Bertz CT molecular complexity index is 201. The van der Waals surface area contributed by atoms with Crippen molar-refractivity contribution >= 4 is 5.78 Å². The van der Waals surface area contributed by atoms with Crippen LogP contribution < -0.4 is 5.32 Å². The molecule has 0 aromatic heterocycles. The van der Waals surface area contributed by atoms with Crippen molar-refractivity contribution in [3.63, 3.8) is 0 Å². The Balaban J connectivity index is 2.33. The Kier molecular flexibility index (Phi) is 4.08. The number of Topliss-reactive ketones (excluding diaryl/α,β-unsaturated/α-hetero) is 1. The first-order valence-corrected chi connectivity index (χ1v) is 5.34. The largest absolute Gasteiger partial charge is 0.379 e. The van der Waals surface area contributed by atoms with E-state index in [4.69, 9.17) is 4.74 Å². The molecule has 1 saturated heterocycles. The SMILES string of the molecule is COC(C)(C)CCC1CNCCC1=O. The van der Waals surface area contributed by atoms with E-state index in [9.17, 15) is 4.79 Å². The normalized spacial score (nSPS) is 23.9. The van der Waals surface area contributed by atoms with Gasteiger partial charge < -0.3 is 10.1 Å². The van der Waals surface area contributed by atoms with Crippen LogP contribution in [0.1, 0.15) is 33.1 Å². The van der Waals surface area contributed by atoms with Crippen molar-refractivity contribution in [1.29, 1.82) is 0 Å². The maximum absolute atomic E-state index is 11.5. The molecule has 3 heteroatoms. The monoisotopic (exact) mass is 199 g/mol. The van der Waals surface area contributed by atoms with E-state index in [-0.39, 0.29) is 11.5 Å². The zero-order valence-corrected chi connectivity index (χ0v) is 9.43. The summed E-state index contributed by atoms with van der Waals surface area (Å²) in [6.45, 7) is 5.82. The Labute approximate surface area is 86.2 Å². The van der Waals surface area contributed by atoms with Gasteiger partial charge in [-0.05, 0) is 26.7 Å². The minimum Gasteiger partial charge on any atom is -0.379 e. The van der Waals surface area contributed by atoms with Crippen LogP contribution in [0.25, 0.3) is 0 Å². The molecular weight excluding hydrogens is 178 g/mol. The van der Waals surface area contributed by atoms with Crippen LogP contribution in [-0.2, 0) is 9.53 Å². The van der Waals surface area contributed by atoms with Crippen molar-refractivity contribution in [2.45, 2.75) is 38.7 Å². The molecule has 0 aromatic carbocycles. The smallest absolute Gasteiger partial charge is 0.138 e. The molecule has 1 N–H and O–H groups in total. The number of methoxy groups -OCH3 is 1. The summed E-state index contributed by atoms with van der Waals surface area (Å²) in [6, 6.07) is 0. The lowest BCUT2D eigenvalue weighted by molar-refractivity contribution is -0.124. The predicted molar refractivity (Wildman–Crippen MR) is 56.3 cm³/mol. The number of piperidine rings is 1. The average molecular weight is 199 g/mol. The molecule has 1 aliphatic heterocycles. The molecule has 1 atom stereocenters. The molecule has 0 amide bonds. The van der Waals surface area contributed by atoms with Crippen LogP contribution in [0.2, 0.25) is 0 Å². The molecule has 0 radical (unpaired) electrons. The fourth-order valence-electron chi connectivity index (χ4n) is 1.69. The zero-order valence-electron chi connectivity index (χ0n) is 9.43. The molecule has 1 unspecified atom stereocenters. The van der Waals surface area contributed by atoms with E-state index >= 15 is 0 Å². The van der Waals surface area contributed by atoms with Gasteiger partial charge in [-0.3, -0.25) is 4.79 Å². The first kappa shape index (κ1) is 11.7. The van der Waals surface area contributed by atoms with Crippen molar-refractivity contribution in [2.24, 2.45) is 5.92 Å². The lowest BCUT2D eigenvalue weighted by atomic mass is 9.89. The molecule has 1 fully saturated rings. The maximum Gasteiger partial charge on any atom is 0.138 e. The molecule has 0 saturated carbocycles. The summed E-state index contributed by atoms with van der Waals surface area (Å²) in [4.78, 5) is 11.5. The van der Waals surface area contributed by atoms with Crippen LogP contribution in [0, 0.1) is 5.92 Å². The topological polar surface area (TPSA) is 38.3 Å². The summed E-state index contributed by atoms with van der Waals surface area (Å²) in [5.74, 6) is 0.619. The Morgan fingerprint density at radius 3 is 2.86 bits per heavy atom. The van der Waals surface area contributed by atoms with Gasteiger partial charge in [-0.1, -0.05) is 0 Å². The van der Waals surface area contributed by atoms with Gasteiger partial charge in [0.25, 0.3) is 0 Å². The molecule has 0 aromatic rings. The minimum atomic E-state index is -0.0995. The van der Waals surface area contributed by atoms with Crippen LogP contribution in [0.3, 0.4) is 0 Å². The predicted octanol–water partition coefficient (Wildman–Crippen LogP) is 1.37. The quantitative estimate of drug-likeness (QED) is 0.743. The molecule has 0 spiro atoms. The average Bonchev–Trinajstić information content (AvgIpc) is 2.17. The standard InChI is InChI=1S/C11H21NO2/c1-11(2,14-3)6-4-9-8-12-7-5-10(9)13/h9,12H,4-8H2,1-3H3. The third kappa shape index (κ3) is 3.39. The van der Waals surface area contributed by atoms with Gasteiger partial charge in [0.2, 0.25) is 0 Å². The van der Waals surface area contributed by atoms with Gasteiger partial charge in [-0.15, -0.1) is 0 Å². The molecule has 14 heavy (non-hydrogen) atoms. The third-order valence-electron chi connectivity index (χ3n) is 3.04. The highest BCUT2D eigenvalue weighted by Crippen LogP contribution is 2.21. The van der Waals surface area contributed by atoms with Crippen LogP contribution >= 0.6 is 0 Å². The minimum absolute atomic E-state index is 0.0995. The van der Waals surface area contributed by atoms with Crippen LogP contribution in [0.15, 0.2) is 0 Å². The lowest BCUT2D eigenvalue weighted by Gasteiger charge is -2.27. The first-order chi connectivity index (χ1) is 6.55. The molecule has 82 valence electrons. The second kappa shape index (κ2) is 4.89. The summed E-state index contributed by atoms with van der Waals surface area (Å²) in [5, 5.41) is 3.26. The third-order valence-corrected chi connectivity index (χ3v) is 3.04. The molecule has 1 aliphatic rings. The second-order valence-corrected chi connectivity index (χ2v) is 4.62. The first-order valence-electron chi connectivity index (χ1n) is 5.34. The number of hydrogen-bond acceptors (Lipinski definition) is 3. The van der Waals surface area contributed by atoms with E-state index in [1.807, 2.05) is 0 Å². The van der Waals surface area contributed by atoms with Crippen molar-refractivity contribution in [3.05, 3.63) is 0 Å². The van der Waals surface area contributed by atoms with E-state index in [1.165, 1.54) is 0 Å². The van der Waals surface area contributed by atoms with Crippen molar-refractivity contribution in [1.82, 2.24) is 5.32 Å². The van der Waals surface area contributed by atoms with E-state index in [2.05, 4.69) is 19.2 Å². The highest BCUT2D eigenvalue weighted by Gasteiger charge is 2.25. The van der Waals surface area contributed by atoms with E-state index in [0.29, 0.717) is 12.2 Å². The van der Waals surface area contributed by atoms with E-state index in [0.717, 1.165) is 25.9 Å². The van der Waals surface area contributed by atoms with Gasteiger partial charge in [-0.2, -0.15) is 0 Å². The Morgan fingerprint density at radius 1 is 1.57 bits per heavy atom. The van der Waals surface area contributed by atoms with Gasteiger partial charge in [0.05, 0.1) is 5.60 Å². The van der Waals surface area contributed by atoms with Crippen LogP contribution in [-0.4, -0.2) is 31.6 Å². The highest BCUT2D eigenvalue weighted by molar-refractivity contribution is 5.82. The summed E-state index contributed by atoms with van der Waals surface area (Å²) in [5.41, 5.74) is -0.0995. The molecule has 0 bridgehead atoms. The highest BCUT2D eigenvalue weighted by atomic mass is 16.5. The summed E-state index contributed by atoms with van der Waals surface area (Å²) < 4.78 is 5.33. The second-order valence-electron chi connectivity index (χ2n) is 4.62. The van der Waals surface area contributed by atoms with Crippen LogP contribution in [0.4, 0.5) is 0 Å². The number of carbonyl (C=O) groups is 1. The van der Waals surface area contributed by atoms with Gasteiger partial charge >= 0.3 is 0 Å². The number of hydrogen-bond donors (Lipinski definition) is 1. The van der Waals surface area contributed by atoms with Gasteiger partial charge in [-0.25, -0.2) is 0 Å². The number of carbonyl (C=O) groups excluding carboxylic acids is 1. The number of rotatable bonds is 4. The van der Waals surface area contributed by atoms with Crippen LogP contribution in [0.5, 0.6) is 0 Å². The summed E-state index contributed by atoms with van der Waals surface area (Å²) in [7, 11) is 1.72. The van der Waals surface area contributed by atoms with Gasteiger partial charge in [0.15, 0.2) is 0 Å². The van der Waals surface area contributed by atoms with Gasteiger partial charge in [0, 0.05) is 32.5 Å². The fourth-order valence-corrected chi connectivity index (χ4v) is 1.69. The van der Waals surface area contributed by atoms with Crippen molar-refractivity contribution in [2.75, 3.05) is 20.2 Å². The molecule has 1 heterocycles. The van der Waals surface area contributed by atoms with Crippen molar-refractivity contribution in [3.8, 4) is 0 Å². The molecular formula is C11H21NO2. The van der Waals surface area contributed by atoms with Gasteiger partial charge in [0.1, 0.15) is 5.78 Å². The maximum atomic E-state index is 11.5. The summed E-state index contributed by atoms with van der Waals surface area (Å²) in [6.07, 6.45) is 2.58. The number of ketones is 1. The Hall–Kier alpha value is -0.410. The van der Waals surface area contributed by atoms with E-state index in [1.54, 1.807) is 7.11 Å². The lowest BCUT2D eigenvalue weighted by Crippen LogP contribution is -2.38. The van der Waals surface area contributed by atoms with Crippen molar-refractivity contribution < 1.29 is 9.53 Å².